The molecule has 0 bridgehead atoms. The molecule has 2 N–H and O–H groups in total. The first kappa shape index (κ1) is 20.0. The van der Waals surface area contributed by atoms with Crippen LogP contribution in [0.4, 0.5) is 4.39 Å². The second-order valence-corrected chi connectivity index (χ2v) is 7.21. The van der Waals surface area contributed by atoms with Gasteiger partial charge in [-0.25, -0.2) is 4.39 Å². The average Bonchev–Trinajstić information content (AvgIpc) is 2.69. The van der Waals surface area contributed by atoms with Gasteiger partial charge in [-0.15, -0.1) is 0 Å². The molecule has 6 heteroatoms. The summed E-state index contributed by atoms with van der Waals surface area (Å²) in [6, 6.07) is 14.1. The van der Waals surface area contributed by atoms with Crippen LogP contribution in [0.15, 0.2) is 48.5 Å². The van der Waals surface area contributed by atoms with E-state index in [1.807, 2.05) is 31.2 Å². The maximum absolute atomic E-state index is 13.6. The second-order valence-electron chi connectivity index (χ2n) is 7.21. The van der Waals surface area contributed by atoms with Gasteiger partial charge in [-0.05, 0) is 37.5 Å². The first-order valence-corrected chi connectivity index (χ1v) is 9.62. The van der Waals surface area contributed by atoms with Crippen molar-refractivity contribution in [3.63, 3.8) is 0 Å². The van der Waals surface area contributed by atoms with Crippen LogP contribution in [0.3, 0.4) is 0 Å². The van der Waals surface area contributed by atoms with Crippen LogP contribution in [0.5, 0.6) is 0 Å². The highest BCUT2D eigenvalue weighted by atomic mass is 19.1. The minimum atomic E-state index is -0.312. The van der Waals surface area contributed by atoms with Crippen LogP contribution in [0.25, 0.3) is 0 Å². The van der Waals surface area contributed by atoms with E-state index in [2.05, 4.69) is 15.5 Å². The smallest absolute Gasteiger partial charge is 0.251 e. The molecule has 1 aliphatic heterocycles. The van der Waals surface area contributed by atoms with Gasteiger partial charge in [0.1, 0.15) is 5.82 Å². The van der Waals surface area contributed by atoms with Crippen LogP contribution in [0, 0.1) is 12.7 Å². The van der Waals surface area contributed by atoms with Gasteiger partial charge in [0.05, 0.1) is 6.54 Å². The highest BCUT2D eigenvalue weighted by molar-refractivity contribution is 5.95. The molecule has 1 saturated heterocycles. The average molecular weight is 383 g/mol. The summed E-state index contributed by atoms with van der Waals surface area (Å²) >= 11 is 0. The Hall–Kier alpha value is -2.73. The number of hydrogen-bond acceptors (Lipinski definition) is 3. The molecule has 0 radical (unpaired) electrons. The summed E-state index contributed by atoms with van der Waals surface area (Å²) in [6.07, 6.45) is 1.61. The van der Waals surface area contributed by atoms with Gasteiger partial charge >= 0.3 is 0 Å². The molecule has 5 nitrogen and oxygen atoms in total. The maximum atomic E-state index is 13.6. The number of aryl methyl sites for hydroxylation is 1. The molecule has 0 unspecified atom stereocenters. The Kier molecular flexibility index (Phi) is 6.76. The molecular weight excluding hydrogens is 357 g/mol. The molecule has 148 valence electrons. The highest BCUT2D eigenvalue weighted by Crippen LogP contribution is 2.13. The minimum Gasteiger partial charge on any atom is -0.351 e. The number of benzene rings is 2. The zero-order valence-electron chi connectivity index (χ0n) is 16.1. The molecule has 0 atom stereocenters. The first-order valence-electron chi connectivity index (χ1n) is 9.62. The largest absolute Gasteiger partial charge is 0.351 e. The number of amides is 2. The molecule has 1 aliphatic rings. The topological polar surface area (TPSA) is 61.4 Å². The number of carbonyl (C=O) groups is 2. The van der Waals surface area contributed by atoms with Gasteiger partial charge in [0.15, 0.2) is 0 Å². The Bertz CT molecular complexity index is 832. The van der Waals surface area contributed by atoms with Gasteiger partial charge in [-0.1, -0.05) is 36.4 Å². The number of likely N-dealkylation sites (tertiary alicyclic amines) is 1. The lowest BCUT2D eigenvalue weighted by Crippen LogP contribution is -2.47. The third-order valence-electron chi connectivity index (χ3n) is 5.11. The zero-order valence-corrected chi connectivity index (χ0v) is 16.1. The molecular formula is C22H26FN3O2. The number of halogens is 1. The predicted octanol–water partition coefficient (Wildman–Crippen LogP) is 2.64. The fraction of sp³-hybridized carbons (Fsp3) is 0.364. The fourth-order valence-electron chi connectivity index (χ4n) is 3.42. The Morgan fingerprint density at radius 3 is 2.46 bits per heavy atom. The molecule has 2 amide bonds. The lowest BCUT2D eigenvalue weighted by molar-refractivity contribution is -0.122. The van der Waals surface area contributed by atoms with Crippen LogP contribution in [0.1, 0.15) is 34.3 Å². The Morgan fingerprint density at radius 2 is 1.75 bits per heavy atom. The summed E-state index contributed by atoms with van der Waals surface area (Å²) < 4.78 is 13.6. The zero-order chi connectivity index (χ0) is 19.9. The van der Waals surface area contributed by atoms with Crippen molar-refractivity contribution in [3.05, 3.63) is 71.0 Å². The van der Waals surface area contributed by atoms with Crippen molar-refractivity contribution in [1.29, 1.82) is 0 Å². The summed E-state index contributed by atoms with van der Waals surface area (Å²) in [5, 5.41) is 5.86. The van der Waals surface area contributed by atoms with E-state index in [9.17, 15) is 14.0 Å². The van der Waals surface area contributed by atoms with E-state index in [1.165, 1.54) is 6.07 Å². The van der Waals surface area contributed by atoms with Crippen molar-refractivity contribution >= 4 is 11.8 Å². The number of hydrogen-bond donors (Lipinski definition) is 2. The van der Waals surface area contributed by atoms with Crippen molar-refractivity contribution in [2.24, 2.45) is 0 Å². The number of nitrogens with one attached hydrogen (secondary N) is 2. The molecule has 2 aromatic carbocycles. The maximum Gasteiger partial charge on any atom is 0.251 e. The summed E-state index contributed by atoms with van der Waals surface area (Å²) in [5.41, 5.74) is 2.15. The normalized spacial score (nSPS) is 15.2. The van der Waals surface area contributed by atoms with Crippen LogP contribution in [-0.2, 0) is 11.3 Å². The molecule has 0 saturated carbocycles. The third kappa shape index (κ3) is 5.39. The molecule has 1 fully saturated rings. The Balaban J connectivity index is 1.40. The van der Waals surface area contributed by atoms with Crippen LogP contribution >= 0.6 is 0 Å². The summed E-state index contributed by atoms with van der Waals surface area (Å²) in [6.45, 7) is 3.89. The Morgan fingerprint density at radius 1 is 1.07 bits per heavy atom. The van der Waals surface area contributed by atoms with E-state index in [0.29, 0.717) is 11.1 Å². The van der Waals surface area contributed by atoms with Crippen LogP contribution in [0.2, 0.25) is 0 Å². The SMILES string of the molecule is Cc1ccccc1C(=O)NC1CCN(CC(=O)NCc2ccccc2F)CC1. The summed E-state index contributed by atoms with van der Waals surface area (Å²) in [5.74, 6) is -0.474. The first-order chi connectivity index (χ1) is 13.5. The number of piperidine rings is 1. The van der Waals surface area contributed by atoms with E-state index >= 15 is 0 Å². The molecule has 0 aliphatic carbocycles. The van der Waals surface area contributed by atoms with Crippen molar-refractivity contribution < 1.29 is 14.0 Å². The molecule has 2 aromatic rings. The van der Waals surface area contributed by atoms with Crippen LogP contribution in [-0.4, -0.2) is 42.4 Å². The summed E-state index contributed by atoms with van der Waals surface area (Å²) in [7, 11) is 0. The second kappa shape index (κ2) is 9.46. The monoisotopic (exact) mass is 383 g/mol. The van der Waals surface area contributed by atoms with Crippen molar-refractivity contribution in [1.82, 2.24) is 15.5 Å². The van der Waals surface area contributed by atoms with Gasteiger partial charge in [0.25, 0.3) is 5.91 Å². The molecule has 1 heterocycles. The van der Waals surface area contributed by atoms with E-state index in [1.54, 1.807) is 18.2 Å². The standard InChI is InChI=1S/C22H26FN3O2/c1-16-6-2-4-8-19(16)22(28)25-18-10-12-26(13-11-18)15-21(27)24-14-17-7-3-5-9-20(17)23/h2-9,18H,10-15H2,1H3,(H,24,27)(H,25,28). The van der Waals surface area contributed by atoms with Crippen molar-refractivity contribution in [3.8, 4) is 0 Å². The van der Waals surface area contributed by atoms with Gasteiger partial charge in [-0.2, -0.15) is 0 Å². The highest BCUT2D eigenvalue weighted by Gasteiger charge is 2.22. The van der Waals surface area contributed by atoms with Gasteiger partial charge in [0, 0.05) is 36.8 Å². The van der Waals surface area contributed by atoms with Gasteiger partial charge in [-0.3, -0.25) is 14.5 Å². The lowest BCUT2D eigenvalue weighted by atomic mass is 10.0. The third-order valence-corrected chi connectivity index (χ3v) is 5.11. The van der Waals surface area contributed by atoms with E-state index in [0.717, 1.165) is 31.5 Å². The molecule has 0 aromatic heterocycles. The van der Waals surface area contributed by atoms with Crippen molar-refractivity contribution in [2.75, 3.05) is 19.6 Å². The predicted molar refractivity (Wildman–Crippen MR) is 106 cm³/mol. The Labute approximate surface area is 164 Å². The molecule has 3 rings (SSSR count). The number of carbonyl (C=O) groups excluding carboxylic acids is 2. The minimum absolute atomic E-state index is 0.0424. The van der Waals surface area contributed by atoms with E-state index in [4.69, 9.17) is 0 Å². The van der Waals surface area contributed by atoms with Crippen LogP contribution < -0.4 is 10.6 Å². The van der Waals surface area contributed by atoms with Gasteiger partial charge in [0.2, 0.25) is 5.91 Å². The van der Waals surface area contributed by atoms with E-state index < -0.39 is 0 Å². The van der Waals surface area contributed by atoms with E-state index in [-0.39, 0.29) is 36.8 Å². The fourth-order valence-corrected chi connectivity index (χ4v) is 3.42. The molecule has 28 heavy (non-hydrogen) atoms. The molecule has 0 spiro atoms. The quantitative estimate of drug-likeness (QED) is 0.806. The van der Waals surface area contributed by atoms with Gasteiger partial charge < -0.3 is 10.6 Å². The number of rotatable bonds is 6. The lowest BCUT2D eigenvalue weighted by Gasteiger charge is -2.32. The number of nitrogens with zero attached hydrogens (tertiary/aromatic N) is 1. The van der Waals surface area contributed by atoms with Crippen molar-refractivity contribution in [2.45, 2.75) is 32.4 Å². The summed E-state index contributed by atoms with van der Waals surface area (Å²) in [4.78, 5) is 26.6.